The number of anilines is 2. The lowest BCUT2D eigenvalue weighted by atomic mass is 10.0. The zero-order valence-corrected chi connectivity index (χ0v) is 41.6. The first-order valence-electron chi connectivity index (χ1n) is 24.8. The lowest BCUT2D eigenvalue weighted by molar-refractivity contribution is -0.00209. The van der Waals surface area contributed by atoms with E-state index < -0.39 is 35.4 Å². The highest BCUT2D eigenvalue weighted by Gasteiger charge is 2.40. The number of fused-ring (bicyclic) bond motifs is 4. The van der Waals surface area contributed by atoms with Gasteiger partial charge in [0.1, 0.15) is 24.5 Å². The van der Waals surface area contributed by atoms with Gasteiger partial charge in [-0.1, -0.05) is 0 Å². The van der Waals surface area contributed by atoms with Crippen LogP contribution in [0.4, 0.5) is 20.2 Å². The van der Waals surface area contributed by atoms with E-state index in [-0.39, 0.29) is 25.2 Å². The number of likely N-dealkylation sites (tertiary alicyclic amines) is 1. The number of aliphatic hydroxyl groups is 2. The van der Waals surface area contributed by atoms with E-state index in [1.807, 2.05) is 36.4 Å². The van der Waals surface area contributed by atoms with Crippen molar-refractivity contribution in [2.24, 2.45) is 23.7 Å². The monoisotopic (exact) mass is 997 g/mol. The van der Waals surface area contributed by atoms with Gasteiger partial charge < -0.3 is 41.7 Å². The predicted molar refractivity (Wildman–Crippen MR) is 271 cm³/mol. The number of amides is 2. The second-order valence-electron chi connectivity index (χ2n) is 21.3. The number of rotatable bonds is 14. The van der Waals surface area contributed by atoms with Gasteiger partial charge >= 0.3 is 0 Å². The maximum Gasteiger partial charge on any atom is 0.255 e. The molecular formula is C53H62F2N14O4. The molecule has 2 saturated heterocycles. The SMILES string of the molecule is CC(C)(O)[C@H](F)CNC(=O)c1cnc(-c2ccc3cc(C#N)cnn23)cc1NC1C[C@H]2CNC[C@H]2C1.CN1C[C@H]2CC(Nc3cc(-c4ccc5cc(C#N)cnn45)ncc3C(=O)NC[C@@H](F)C(C)(C)O)C[C@H]2C1. The quantitative estimate of drug-likeness (QED) is 0.0725. The van der Waals surface area contributed by atoms with Crippen LogP contribution in [0.5, 0.6) is 0 Å². The van der Waals surface area contributed by atoms with Crippen molar-refractivity contribution in [3.8, 4) is 34.9 Å². The van der Waals surface area contributed by atoms with Crippen LogP contribution < -0.4 is 26.6 Å². The Hall–Kier alpha value is -7.10. The molecule has 6 aromatic rings. The highest BCUT2D eigenvalue weighted by molar-refractivity contribution is 6.00. The molecule has 8 heterocycles. The molecule has 7 N–H and O–H groups in total. The van der Waals surface area contributed by atoms with Crippen LogP contribution in [-0.4, -0.2) is 138 Å². The first-order valence-corrected chi connectivity index (χ1v) is 24.8. The number of aromatic nitrogens is 6. The fourth-order valence-electron chi connectivity index (χ4n) is 10.7. The van der Waals surface area contributed by atoms with Crippen LogP contribution in [0.2, 0.25) is 0 Å². The van der Waals surface area contributed by atoms with Crippen molar-refractivity contribution in [1.29, 1.82) is 10.5 Å². The first kappa shape index (κ1) is 50.8. The molecular weight excluding hydrogens is 935 g/mol. The standard InChI is InChI=1S/C27H32FN7O2.C26H30FN7O2/c1-27(2,37)25(28)13-31-26(36)21-12-30-23(24-5-4-20-6-16(10-29)11-32-35(20)24)9-22(21)33-19-7-17-14-34(3)15-18(17)8-19;1-26(2,36)24(27)14-31-25(35)20-13-30-22(23-4-3-19-5-15(9-28)10-32-34(19)23)8-21(20)33-18-6-16-11-29-12-17(16)7-18/h4-6,9,11-12,17-19,25,37H,7-8,13-15H2,1-3H3,(H,30,33)(H,31,36);3-5,8,10,13,16-18,24,29,36H,6-7,11-12,14H2,1-2H3,(H,30,33)(H,31,35)/t17-,18+,19?,25-;16-,17+,18?,24-/m11/s1. The van der Waals surface area contributed by atoms with E-state index in [2.05, 4.69) is 70.8 Å². The van der Waals surface area contributed by atoms with Crippen LogP contribution in [0.15, 0.2) is 73.3 Å². The predicted octanol–water partition coefficient (Wildman–Crippen LogP) is 5.38. The maximum atomic E-state index is 14.3. The summed E-state index contributed by atoms with van der Waals surface area (Å²) in [4.78, 5) is 37.6. The van der Waals surface area contributed by atoms with Crippen LogP contribution in [-0.2, 0) is 0 Å². The highest BCUT2D eigenvalue weighted by atomic mass is 19.1. The third-order valence-electron chi connectivity index (χ3n) is 14.8. The molecule has 0 radical (unpaired) electrons. The number of alkyl halides is 2. The fraction of sp³-hybridized carbons (Fsp3) is 0.472. The lowest BCUT2D eigenvalue weighted by Gasteiger charge is -2.23. The van der Waals surface area contributed by atoms with Crippen LogP contribution in [0.25, 0.3) is 33.8 Å². The number of nitrogens with one attached hydrogen (secondary N) is 5. The van der Waals surface area contributed by atoms with E-state index in [0.717, 1.165) is 74.3 Å². The minimum absolute atomic E-state index is 0.217. The van der Waals surface area contributed by atoms with Crippen LogP contribution in [0, 0.1) is 46.3 Å². The number of pyridine rings is 2. The molecule has 10 rings (SSSR count). The van der Waals surface area contributed by atoms with Gasteiger partial charge in [-0.3, -0.25) is 19.6 Å². The molecule has 382 valence electrons. The lowest BCUT2D eigenvalue weighted by Crippen LogP contribution is -2.42. The smallest absolute Gasteiger partial charge is 0.255 e. The molecule has 18 nitrogen and oxygen atoms in total. The van der Waals surface area contributed by atoms with Gasteiger partial charge in [-0.2, -0.15) is 20.7 Å². The summed E-state index contributed by atoms with van der Waals surface area (Å²) in [5.41, 5.74) is 3.93. The third kappa shape index (κ3) is 11.3. The van der Waals surface area contributed by atoms with E-state index in [0.29, 0.717) is 68.7 Å². The van der Waals surface area contributed by atoms with Crippen molar-refractivity contribution in [2.45, 2.75) is 89.0 Å². The highest BCUT2D eigenvalue weighted by Crippen LogP contribution is 2.40. The molecule has 2 saturated carbocycles. The number of halogens is 2. The zero-order valence-electron chi connectivity index (χ0n) is 41.6. The summed E-state index contributed by atoms with van der Waals surface area (Å²) in [6, 6.07) is 19.3. The van der Waals surface area contributed by atoms with Gasteiger partial charge in [0.2, 0.25) is 0 Å². The molecule has 20 heteroatoms. The number of nitrogens with zero attached hydrogens (tertiary/aromatic N) is 9. The summed E-state index contributed by atoms with van der Waals surface area (Å²) in [6.07, 6.45) is 6.83. The third-order valence-corrected chi connectivity index (χ3v) is 14.8. The zero-order chi connectivity index (χ0) is 51.8. The largest absolute Gasteiger partial charge is 0.387 e. The Morgan fingerprint density at radius 3 is 1.49 bits per heavy atom. The number of nitriles is 2. The van der Waals surface area contributed by atoms with Crippen molar-refractivity contribution < 1.29 is 28.6 Å². The minimum Gasteiger partial charge on any atom is -0.387 e. The Kier molecular flexibility index (Phi) is 14.5. The van der Waals surface area contributed by atoms with Gasteiger partial charge in [0.25, 0.3) is 11.8 Å². The average molecular weight is 997 g/mol. The Morgan fingerprint density at radius 2 is 1.10 bits per heavy atom. The van der Waals surface area contributed by atoms with Crippen molar-refractivity contribution >= 4 is 34.2 Å². The summed E-state index contributed by atoms with van der Waals surface area (Å²) >= 11 is 0. The van der Waals surface area contributed by atoms with Gasteiger partial charge in [-0.25, -0.2) is 17.8 Å². The molecule has 2 amide bonds. The van der Waals surface area contributed by atoms with Gasteiger partial charge in [-0.15, -0.1) is 0 Å². The summed E-state index contributed by atoms with van der Waals surface area (Å²) in [6.45, 7) is 9.06. The molecule has 2 aliphatic carbocycles. The summed E-state index contributed by atoms with van der Waals surface area (Å²) < 4.78 is 32.0. The Balaban J connectivity index is 0.000000180. The number of carbonyl (C=O) groups excluding carboxylic acids is 2. The average Bonchev–Trinajstić information content (AvgIpc) is 4.23. The van der Waals surface area contributed by atoms with Crippen molar-refractivity contribution in [1.82, 2.24) is 50.0 Å². The minimum atomic E-state index is -1.61. The van der Waals surface area contributed by atoms with Crippen molar-refractivity contribution in [3.63, 3.8) is 0 Å². The second-order valence-corrected chi connectivity index (χ2v) is 21.3. The van der Waals surface area contributed by atoms with E-state index in [1.54, 1.807) is 21.2 Å². The first-order chi connectivity index (χ1) is 34.8. The van der Waals surface area contributed by atoms with E-state index in [9.17, 15) is 33.8 Å². The Labute approximate surface area is 422 Å². The second kappa shape index (κ2) is 20.8. The normalized spacial score (nSPS) is 22.4. The summed E-state index contributed by atoms with van der Waals surface area (Å²) in [5, 5.41) is 62.6. The number of carbonyl (C=O) groups is 2. The molecule has 4 fully saturated rings. The molecule has 8 atom stereocenters. The molecule has 6 aromatic heterocycles. The number of hydrogen-bond donors (Lipinski definition) is 7. The molecule has 0 spiro atoms. The van der Waals surface area contributed by atoms with E-state index in [1.165, 1.54) is 52.5 Å². The van der Waals surface area contributed by atoms with Crippen LogP contribution in [0.3, 0.4) is 0 Å². The van der Waals surface area contributed by atoms with Gasteiger partial charge in [0.05, 0.1) is 104 Å². The fourth-order valence-corrected chi connectivity index (χ4v) is 10.7. The van der Waals surface area contributed by atoms with Crippen LogP contribution >= 0.6 is 0 Å². The van der Waals surface area contributed by atoms with Gasteiger partial charge in [0.15, 0.2) is 0 Å². The molecule has 0 aromatic carbocycles. The van der Waals surface area contributed by atoms with Gasteiger partial charge in [-0.05, 0) is 146 Å². The molecule has 0 bridgehead atoms. The molecule has 2 aliphatic heterocycles. The van der Waals surface area contributed by atoms with Crippen molar-refractivity contribution in [3.05, 3.63) is 95.6 Å². The van der Waals surface area contributed by atoms with Crippen LogP contribution in [0.1, 0.15) is 85.2 Å². The molecule has 73 heavy (non-hydrogen) atoms. The summed E-state index contributed by atoms with van der Waals surface area (Å²) in [7, 11) is 2.15. The molecule has 4 aliphatic rings. The van der Waals surface area contributed by atoms with Crippen molar-refractivity contribution in [2.75, 3.05) is 56.9 Å². The van der Waals surface area contributed by atoms with Gasteiger partial charge in [0, 0.05) is 37.6 Å². The Bertz CT molecular complexity index is 3070. The Morgan fingerprint density at radius 1 is 0.685 bits per heavy atom. The van der Waals surface area contributed by atoms with E-state index >= 15 is 0 Å². The maximum absolute atomic E-state index is 14.3. The number of hydrogen-bond acceptors (Lipinski definition) is 14. The topological polar surface area (TPSA) is 246 Å². The molecule has 2 unspecified atom stereocenters. The van der Waals surface area contributed by atoms with E-state index in [4.69, 9.17) is 5.26 Å². The summed E-state index contributed by atoms with van der Waals surface area (Å²) in [5.74, 6) is 1.59.